The molecule has 3 nitrogen and oxygen atoms in total. The van der Waals surface area contributed by atoms with Crippen LogP contribution in [-0.2, 0) is 13.0 Å². The molecule has 0 spiro atoms. The summed E-state index contributed by atoms with van der Waals surface area (Å²) in [7, 11) is 1.95. The van der Waals surface area contributed by atoms with Gasteiger partial charge in [0, 0.05) is 18.2 Å². The van der Waals surface area contributed by atoms with Crippen LogP contribution in [0.25, 0.3) is 11.1 Å². The highest BCUT2D eigenvalue weighted by Gasteiger charge is 2.23. The lowest BCUT2D eigenvalue weighted by Crippen LogP contribution is -2.39. The number of amides is 1. The topological polar surface area (TPSA) is 41.1 Å². The number of rotatable bonds is 3. The fourth-order valence-electron chi connectivity index (χ4n) is 3.00. The first-order valence-corrected chi connectivity index (χ1v) is 7.35. The summed E-state index contributed by atoms with van der Waals surface area (Å²) in [5.74, 6) is 0.0389. The van der Waals surface area contributed by atoms with Crippen molar-refractivity contribution in [1.29, 1.82) is 0 Å². The molecule has 0 saturated heterocycles. The van der Waals surface area contributed by atoms with Crippen LogP contribution in [-0.4, -0.2) is 19.0 Å². The molecule has 2 aromatic rings. The van der Waals surface area contributed by atoms with Gasteiger partial charge in [-0.2, -0.15) is 0 Å². The molecule has 0 radical (unpaired) electrons. The van der Waals surface area contributed by atoms with Gasteiger partial charge in [0.15, 0.2) is 0 Å². The van der Waals surface area contributed by atoms with Crippen molar-refractivity contribution in [2.24, 2.45) is 0 Å². The molecule has 1 aliphatic rings. The largest absolute Gasteiger partial charge is 0.349 e. The van der Waals surface area contributed by atoms with Gasteiger partial charge < -0.3 is 10.6 Å². The summed E-state index contributed by atoms with van der Waals surface area (Å²) in [6.07, 6.45) is 0.882. The summed E-state index contributed by atoms with van der Waals surface area (Å²) in [4.78, 5) is 12.1. The standard InChI is InChI=1S/C18H20N2O/c1-12-9-17-15(7-4-8-16(17)18(21)20-12)14-6-3-5-13(10-14)11-19-2/h3-8,10,12,19H,9,11H2,1-2H3,(H,20,21). The van der Waals surface area contributed by atoms with Crippen LogP contribution in [0.15, 0.2) is 42.5 Å². The molecule has 3 rings (SSSR count). The van der Waals surface area contributed by atoms with E-state index in [1.165, 1.54) is 16.7 Å². The van der Waals surface area contributed by atoms with Crippen molar-refractivity contribution in [2.45, 2.75) is 25.9 Å². The third-order valence-corrected chi connectivity index (χ3v) is 3.93. The van der Waals surface area contributed by atoms with Gasteiger partial charge in [-0.15, -0.1) is 0 Å². The van der Waals surface area contributed by atoms with Gasteiger partial charge in [0.1, 0.15) is 0 Å². The molecule has 21 heavy (non-hydrogen) atoms. The van der Waals surface area contributed by atoms with Crippen molar-refractivity contribution in [3.8, 4) is 11.1 Å². The monoisotopic (exact) mass is 280 g/mol. The zero-order chi connectivity index (χ0) is 14.8. The number of hydrogen-bond acceptors (Lipinski definition) is 2. The van der Waals surface area contributed by atoms with Crippen LogP contribution in [0.3, 0.4) is 0 Å². The highest BCUT2D eigenvalue weighted by Crippen LogP contribution is 2.30. The highest BCUT2D eigenvalue weighted by molar-refractivity contribution is 5.99. The molecule has 0 saturated carbocycles. The van der Waals surface area contributed by atoms with E-state index >= 15 is 0 Å². The van der Waals surface area contributed by atoms with Gasteiger partial charge in [-0.05, 0) is 54.8 Å². The van der Waals surface area contributed by atoms with E-state index in [0.717, 1.165) is 24.1 Å². The summed E-state index contributed by atoms with van der Waals surface area (Å²) >= 11 is 0. The Morgan fingerprint density at radius 1 is 1.19 bits per heavy atom. The summed E-state index contributed by atoms with van der Waals surface area (Å²) in [5, 5.41) is 6.17. The Kier molecular flexibility index (Phi) is 3.76. The molecule has 2 N–H and O–H groups in total. The Morgan fingerprint density at radius 2 is 1.95 bits per heavy atom. The fourth-order valence-corrected chi connectivity index (χ4v) is 3.00. The molecule has 0 fully saturated rings. The number of benzene rings is 2. The number of carbonyl (C=O) groups is 1. The lowest BCUT2D eigenvalue weighted by molar-refractivity contribution is 0.0929. The summed E-state index contributed by atoms with van der Waals surface area (Å²) in [6.45, 7) is 2.90. The van der Waals surface area contributed by atoms with E-state index in [4.69, 9.17) is 0 Å². The van der Waals surface area contributed by atoms with Crippen LogP contribution < -0.4 is 10.6 Å². The summed E-state index contributed by atoms with van der Waals surface area (Å²) in [5.41, 5.74) is 5.58. The maximum atomic E-state index is 12.1. The molecule has 1 atom stereocenters. The maximum Gasteiger partial charge on any atom is 0.251 e. The second-order valence-electron chi connectivity index (χ2n) is 5.64. The molecule has 1 amide bonds. The first kappa shape index (κ1) is 13.8. The van der Waals surface area contributed by atoms with E-state index in [-0.39, 0.29) is 11.9 Å². The lowest BCUT2D eigenvalue weighted by atomic mass is 9.88. The van der Waals surface area contributed by atoms with Crippen LogP contribution in [0, 0.1) is 0 Å². The van der Waals surface area contributed by atoms with Gasteiger partial charge in [0.05, 0.1) is 0 Å². The molecule has 108 valence electrons. The Bertz CT molecular complexity index is 679. The van der Waals surface area contributed by atoms with Crippen molar-refractivity contribution in [3.05, 3.63) is 59.2 Å². The van der Waals surface area contributed by atoms with E-state index in [2.05, 4.69) is 47.9 Å². The summed E-state index contributed by atoms with van der Waals surface area (Å²) < 4.78 is 0. The van der Waals surface area contributed by atoms with Crippen LogP contribution >= 0.6 is 0 Å². The summed E-state index contributed by atoms with van der Waals surface area (Å²) in [6, 6.07) is 14.7. The third kappa shape index (κ3) is 2.69. The fraction of sp³-hybridized carbons (Fsp3) is 0.278. The Hall–Kier alpha value is -2.13. The average molecular weight is 280 g/mol. The Balaban J connectivity index is 2.09. The van der Waals surface area contributed by atoms with Crippen molar-refractivity contribution >= 4 is 5.91 Å². The first-order valence-electron chi connectivity index (χ1n) is 7.35. The molecule has 1 aliphatic heterocycles. The SMILES string of the molecule is CNCc1cccc(-c2cccc3c2CC(C)NC3=O)c1. The number of fused-ring (bicyclic) bond motifs is 1. The quantitative estimate of drug-likeness (QED) is 0.907. The normalized spacial score (nSPS) is 17.2. The molecular weight excluding hydrogens is 260 g/mol. The molecule has 1 heterocycles. The smallest absolute Gasteiger partial charge is 0.251 e. The molecule has 2 aromatic carbocycles. The zero-order valence-electron chi connectivity index (χ0n) is 12.4. The zero-order valence-corrected chi connectivity index (χ0v) is 12.4. The first-order chi connectivity index (χ1) is 10.2. The van der Waals surface area contributed by atoms with Crippen LogP contribution in [0.2, 0.25) is 0 Å². The van der Waals surface area contributed by atoms with Gasteiger partial charge in [0.25, 0.3) is 5.91 Å². The van der Waals surface area contributed by atoms with Crippen molar-refractivity contribution < 1.29 is 4.79 Å². The molecular formula is C18H20N2O. The van der Waals surface area contributed by atoms with Gasteiger partial charge >= 0.3 is 0 Å². The average Bonchev–Trinajstić information content (AvgIpc) is 2.47. The maximum absolute atomic E-state index is 12.1. The molecule has 0 bridgehead atoms. The Morgan fingerprint density at radius 3 is 2.76 bits per heavy atom. The van der Waals surface area contributed by atoms with Crippen LogP contribution in [0.4, 0.5) is 0 Å². The Labute approximate surface area is 125 Å². The minimum atomic E-state index is 0.0389. The molecule has 3 heteroatoms. The third-order valence-electron chi connectivity index (χ3n) is 3.93. The molecule has 1 unspecified atom stereocenters. The van der Waals surface area contributed by atoms with E-state index in [0.29, 0.717) is 0 Å². The van der Waals surface area contributed by atoms with Gasteiger partial charge in [0.2, 0.25) is 0 Å². The predicted octanol–water partition coefficient (Wildman–Crippen LogP) is 2.75. The second-order valence-corrected chi connectivity index (χ2v) is 5.64. The molecule has 0 aromatic heterocycles. The molecule has 0 aliphatic carbocycles. The van der Waals surface area contributed by atoms with E-state index in [9.17, 15) is 4.79 Å². The van der Waals surface area contributed by atoms with Gasteiger partial charge in [-0.1, -0.05) is 30.3 Å². The minimum absolute atomic E-state index is 0.0389. The number of nitrogens with one attached hydrogen (secondary N) is 2. The van der Waals surface area contributed by atoms with Gasteiger partial charge in [-0.25, -0.2) is 0 Å². The minimum Gasteiger partial charge on any atom is -0.349 e. The van der Waals surface area contributed by atoms with Gasteiger partial charge in [-0.3, -0.25) is 4.79 Å². The van der Waals surface area contributed by atoms with Crippen molar-refractivity contribution in [3.63, 3.8) is 0 Å². The van der Waals surface area contributed by atoms with Crippen molar-refractivity contribution in [2.75, 3.05) is 7.05 Å². The highest BCUT2D eigenvalue weighted by atomic mass is 16.1. The van der Waals surface area contributed by atoms with E-state index < -0.39 is 0 Å². The number of hydrogen-bond donors (Lipinski definition) is 2. The van der Waals surface area contributed by atoms with E-state index in [1.54, 1.807) is 0 Å². The second kappa shape index (κ2) is 5.70. The number of carbonyl (C=O) groups excluding carboxylic acids is 1. The predicted molar refractivity (Wildman–Crippen MR) is 85.3 cm³/mol. The lowest BCUT2D eigenvalue weighted by Gasteiger charge is -2.25. The van der Waals surface area contributed by atoms with E-state index in [1.807, 2.05) is 19.2 Å². The van der Waals surface area contributed by atoms with Crippen LogP contribution in [0.1, 0.15) is 28.4 Å². The van der Waals surface area contributed by atoms with Crippen LogP contribution in [0.5, 0.6) is 0 Å². The van der Waals surface area contributed by atoms with Crippen molar-refractivity contribution in [1.82, 2.24) is 10.6 Å².